The molecule has 0 spiro atoms. The van der Waals surface area contributed by atoms with E-state index in [9.17, 15) is 5.26 Å². The van der Waals surface area contributed by atoms with Crippen molar-refractivity contribution in [1.82, 2.24) is 4.57 Å². The van der Waals surface area contributed by atoms with Crippen molar-refractivity contribution in [2.24, 2.45) is 0 Å². The molecule has 0 saturated carbocycles. The molecular formula is C15H16N2O2. The zero-order chi connectivity index (χ0) is 13.7. The van der Waals surface area contributed by atoms with Crippen molar-refractivity contribution >= 4 is 0 Å². The Bertz CT molecular complexity index is 583. The third-order valence-electron chi connectivity index (χ3n) is 2.66. The maximum atomic E-state index is 9.27. The van der Waals surface area contributed by atoms with Crippen molar-refractivity contribution in [3.63, 3.8) is 0 Å². The minimum atomic E-state index is 0.536. The van der Waals surface area contributed by atoms with Crippen molar-refractivity contribution in [3.8, 4) is 23.3 Å². The lowest BCUT2D eigenvalue weighted by atomic mass is 10.1. The van der Waals surface area contributed by atoms with E-state index < -0.39 is 0 Å². The minimum Gasteiger partial charge on any atom is -0.490 e. The molecule has 0 N–H and O–H groups in total. The first-order valence-corrected chi connectivity index (χ1v) is 6.27. The van der Waals surface area contributed by atoms with Gasteiger partial charge in [-0.15, -0.1) is 0 Å². The van der Waals surface area contributed by atoms with Crippen molar-refractivity contribution < 1.29 is 9.47 Å². The van der Waals surface area contributed by atoms with Crippen molar-refractivity contribution in [1.29, 1.82) is 5.26 Å². The molecule has 1 aromatic carbocycles. The lowest BCUT2D eigenvalue weighted by Gasteiger charge is -2.14. The van der Waals surface area contributed by atoms with Gasteiger partial charge in [-0.05, 0) is 26.0 Å². The van der Waals surface area contributed by atoms with E-state index in [1.54, 1.807) is 6.07 Å². The number of benzene rings is 1. The molecule has 0 aliphatic rings. The van der Waals surface area contributed by atoms with Gasteiger partial charge in [0.15, 0.2) is 11.5 Å². The van der Waals surface area contributed by atoms with Gasteiger partial charge in [0.05, 0.1) is 24.5 Å². The maximum Gasteiger partial charge on any atom is 0.163 e. The Morgan fingerprint density at radius 2 is 1.63 bits per heavy atom. The number of rotatable bonds is 5. The van der Waals surface area contributed by atoms with E-state index in [2.05, 4.69) is 6.07 Å². The Kier molecular flexibility index (Phi) is 4.09. The summed E-state index contributed by atoms with van der Waals surface area (Å²) in [5, 5.41) is 9.27. The number of hydrogen-bond donors (Lipinski definition) is 0. The van der Waals surface area contributed by atoms with Crippen LogP contribution in [0.3, 0.4) is 0 Å². The van der Waals surface area contributed by atoms with E-state index in [0.29, 0.717) is 30.3 Å². The summed E-state index contributed by atoms with van der Waals surface area (Å²) in [5.74, 6) is 1.27. The number of nitriles is 1. The number of aromatic nitrogens is 1. The van der Waals surface area contributed by atoms with Gasteiger partial charge in [0, 0.05) is 24.5 Å². The normalized spacial score (nSPS) is 9.95. The first-order chi connectivity index (χ1) is 9.30. The summed E-state index contributed by atoms with van der Waals surface area (Å²) in [6, 6.07) is 9.59. The average Bonchev–Trinajstić information content (AvgIpc) is 2.94. The van der Waals surface area contributed by atoms with Crippen LogP contribution in [0.5, 0.6) is 11.5 Å². The van der Waals surface area contributed by atoms with Gasteiger partial charge in [0.2, 0.25) is 0 Å². The van der Waals surface area contributed by atoms with Crippen LogP contribution in [-0.4, -0.2) is 17.8 Å². The van der Waals surface area contributed by atoms with Gasteiger partial charge in [0.25, 0.3) is 0 Å². The topological polar surface area (TPSA) is 47.2 Å². The molecule has 0 aliphatic heterocycles. The Morgan fingerprint density at radius 1 is 1.05 bits per heavy atom. The van der Waals surface area contributed by atoms with Gasteiger partial charge in [-0.1, -0.05) is 0 Å². The lowest BCUT2D eigenvalue weighted by molar-refractivity contribution is 0.287. The van der Waals surface area contributed by atoms with Crippen LogP contribution < -0.4 is 9.47 Å². The maximum absolute atomic E-state index is 9.27. The Balaban J connectivity index is 2.54. The SMILES string of the molecule is CCOc1cc(C#N)c(-n2cccc2)cc1OCC. The second kappa shape index (κ2) is 5.96. The van der Waals surface area contributed by atoms with E-state index >= 15 is 0 Å². The molecule has 0 radical (unpaired) electrons. The molecule has 0 atom stereocenters. The van der Waals surface area contributed by atoms with Gasteiger partial charge in [0.1, 0.15) is 6.07 Å². The van der Waals surface area contributed by atoms with Crippen LogP contribution in [0.2, 0.25) is 0 Å². The largest absolute Gasteiger partial charge is 0.490 e. The van der Waals surface area contributed by atoms with Crippen LogP contribution in [0.1, 0.15) is 19.4 Å². The summed E-state index contributed by atoms with van der Waals surface area (Å²) in [6.45, 7) is 4.91. The molecule has 98 valence electrons. The summed E-state index contributed by atoms with van der Waals surface area (Å²) in [5.41, 5.74) is 1.35. The third kappa shape index (κ3) is 2.71. The smallest absolute Gasteiger partial charge is 0.163 e. The van der Waals surface area contributed by atoms with E-state index in [1.165, 1.54) is 0 Å². The van der Waals surface area contributed by atoms with E-state index in [1.807, 2.05) is 49.0 Å². The van der Waals surface area contributed by atoms with Crippen LogP contribution in [0.25, 0.3) is 5.69 Å². The molecule has 0 fully saturated rings. The van der Waals surface area contributed by atoms with Gasteiger partial charge < -0.3 is 14.0 Å². The molecule has 2 rings (SSSR count). The first kappa shape index (κ1) is 13.0. The molecular weight excluding hydrogens is 240 g/mol. The standard InChI is InChI=1S/C15H16N2O2/c1-3-18-14-9-12(11-16)13(10-15(14)19-4-2)17-7-5-6-8-17/h5-10H,3-4H2,1-2H3. The van der Waals surface area contributed by atoms with Gasteiger partial charge in [-0.2, -0.15) is 5.26 Å². The third-order valence-corrected chi connectivity index (χ3v) is 2.66. The Labute approximate surface area is 112 Å². The highest BCUT2D eigenvalue weighted by Gasteiger charge is 2.12. The molecule has 0 bridgehead atoms. The molecule has 4 nitrogen and oxygen atoms in total. The second-order valence-corrected chi connectivity index (χ2v) is 3.88. The fourth-order valence-electron chi connectivity index (χ4n) is 1.88. The first-order valence-electron chi connectivity index (χ1n) is 6.27. The summed E-state index contributed by atoms with van der Waals surface area (Å²) in [7, 11) is 0. The number of nitrogens with zero attached hydrogens (tertiary/aromatic N) is 2. The molecule has 1 heterocycles. The fraction of sp³-hybridized carbons (Fsp3) is 0.267. The minimum absolute atomic E-state index is 0.536. The van der Waals surface area contributed by atoms with Crippen LogP contribution in [0, 0.1) is 11.3 Å². The predicted molar refractivity (Wildman–Crippen MR) is 72.8 cm³/mol. The van der Waals surface area contributed by atoms with Gasteiger partial charge in [-0.25, -0.2) is 0 Å². The summed E-state index contributed by atoms with van der Waals surface area (Å²) >= 11 is 0. The Morgan fingerprint density at radius 3 is 2.16 bits per heavy atom. The van der Waals surface area contributed by atoms with E-state index in [4.69, 9.17) is 9.47 Å². The molecule has 0 unspecified atom stereocenters. The van der Waals surface area contributed by atoms with Crippen LogP contribution >= 0.6 is 0 Å². The molecule has 0 amide bonds. The predicted octanol–water partition coefficient (Wildman–Crippen LogP) is 3.15. The average molecular weight is 256 g/mol. The highest BCUT2D eigenvalue weighted by atomic mass is 16.5. The highest BCUT2D eigenvalue weighted by molar-refractivity contribution is 5.59. The van der Waals surface area contributed by atoms with Crippen LogP contribution in [0.4, 0.5) is 0 Å². The zero-order valence-corrected chi connectivity index (χ0v) is 11.1. The van der Waals surface area contributed by atoms with Crippen LogP contribution in [-0.2, 0) is 0 Å². The molecule has 4 heteroatoms. The van der Waals surface area contributed by atoms with Crippen molar-refractivity contribution in [3.05, 3.63) is 42.2 Å². The zero-order valence-electron chi connectivity index (χ0n) is 11.1. The van der Waals surface area contributed by atoms with Gasteiger partial charge >= 0.3 is 0 Å². The highest BCUT2D eigenvalue weighted by Crippen LogP contribution is 2.32. The second-order valence-electron chi connectivity index (χ2n) is 3.88. The molecule has 0 saturated heterocycles. The van der Waals surface area contributed by atoms with Crippen molar-refractivity contribution in [2.75, 3.05) is 13.2 Å². The summed E-state index contributed by atoms with van der Waals surface area (Å²) in [4.78, 5) is 0. The van der Waals surface area contributed by atoms with Gasteiger partial charge in [-0.3, -0.25) is 0 Å². The molecule has 19 heavy (non-hydrogen) atoms. The number of ether oxygens (including phenoxy) is 2. The summed E-state index contributed by atoms with van der Waals surface area (Å²) in [6.07, 6.45) is 3.79. The lowest BCUT2D eigenvalue weighted by Crippen LogP contribution is -2.02. The fourth-order valence-corrected chi connectivity index (χ4v) is 1.88. The quantitative estimate of drug-likeness (QED) is 0.825. The molecule has 2 aromatic rings. The number of hydrogen-bond acceptors (Lipinski definition) is 3. The molecule has 1 aromatic heterocycles. The summed E-state index contributed by atoms with van der Waals surface area (Å²) < 4.78 is 13.0. The Hall–Kier alpha value is -2.41. The van der Waals surface area contributed by atoms with E-state index in [-0.39, 0.29) is 0 Å². The molecule has 0 aliphatic carbocycles. The monoisotopic (exact) mass is 256 g/mol. The van der Waals surface area contributed by atoms with Crippen molar-refractivity contribution in [2.45, 2.75) is 13.8 Å². The van der Waals surface area contributed by atoms with Crippen LogP contribution in [0.15, 0.2) is 36.7 Å². The van der Waals surface area contributed by atoms with E-state index in [0.717, 1.165) is 5.69 Å².